The first-order chi connectivity index (χ1) is 6.81. The third kappa shape index (κ3) is 2.04. The SMILES string of the molecule is O=C(CCl)N1COC2CCCCC2C1. The molecule has 2 aliphatic rings. The van der Waals surface area contributed by atoms with Gasteiger partial charge in [0.1, 0.15) is 12.6 Å². The summed E-state index contributed by atoms with van der Waals surface area (Å²) in [6.45, 7) is 1.28. The molecule has 2 unspecified atom stereocenters. The van der Waals surface area contributed by atoms with Crippen molar-refractivity contribution in [2.45, 2.75) is 31.8 Å². The first-order valence-corrected chi connectivity index (χ1v) is 5.80. The van der Waals surface area contributed by atoms with Crippen LogP contribution < -0.4 is 0 Å². The van der Waals surface area contributed by atoms with Crippen LogP contribution in [0.15, 0.2) is 0 Å². The Balaban J connectivity index is 1.92. The van der Waals surface area contributed by atoms with Crippen molar-refractivity contribution in [3.63, 3.8) is 0 Å². The lowest BCUT2D eigenvalue weighted by molar-refractivity contribution is -0.154. The number of carbonyl (C=O) groups is 1. The number of ether oxygens (including phenoxy) is 1. The van der Waals surface area contributed by atoms with Gasteiger partial charge in [0.25, 0.3) is 0 Å². The Hall–Kier alpha value is -0.280. The average molecular weight is 218 g/mol. The largest absolute Gasteiger partial charge is 0.357 e. The van der Waals surface area contributed by atoms with Crippen LogP contribution in [-0.4, -0.2) is 36.1 Å². The maximum absolute atomic E-state index is 11.4. The van der Waals surface area contributed by atoms with Gasteiger partial charge in [-0.2, -0.15) is 0 Å². The van der Waals surface area contributed by atoms with Gasteiger partial charge < -0.3 is 9.64 Å². The number of fused-ring (bicyclic) bond motifs is 1. The Morgan fingerprint density at radius 3 is 3.00 bits per heavy atom. The number of nitrogens with zero attached hydrogens (tertiary/aromatic N) is 1. The lowest BCUT2D eigenvalue weighted by Gasteiger charge is -2.40. The van der Waals surface area contributed by atoms with E-state index in [1.165, 1.54) is 19.3 Å². The predicted molar refractivity (Wildman–Crippen MR) is 54.1 cm³/mol. The normalized spacial score (nSPS) is 32.5. The molecule has 0 aromatic heterocycles. The fourth-order valence-electron chi connectivity index (χ4n) is 2.38. The van der Waals surface area contributed by atoms with Crippen molar-refractivity contribution in [2.24, 2.45) is 5.92 Å². The molecule has 4 heteroatoms. The molecule has 0 bridgehead atoms. The van der Waals surface area contributed by atoms with Crippen LogP contribution in [0.25, 0.3) is 0 Å². The molecule has 0 spiro atoms. The molecule has 0 N–H and O–H groups in total. The van der Waals surface area contributed by atoms with Crippen LogP contribution in [0.2, 0.25) is 0 Å². The van der Waals surface area contributed by atoms with Gasteiger partial charge >= 0.3 is 0 Å². The third-order valence-corrected chi connectivity index (χ3v) is 3.43. The van der Waals surface area contributed by atoms with Crippen LogP contribution in [-0.2, 0) is 9.53 Å². The predicted octanol–water partition coefficient (Wildman–Crippen LogP) is 1.60. The van der Waals surface area contributed by atoms with E-state index in [0.29, 0.717) is 18.8 Å². The highest BCUT2D eigenvalue weighted by atomic mass is 35.5. The van der Waals surface area contributed by atoms with Gasteiger partial charge in [-0.3, -0.25) is 4.79 Å². The van der Waals surface area contributed by atoms with Crippen molar-refractivity contribution < 1.29 is 9.53 Å². The van der Waals surface area contributed by atoms with Gasteiger partial charge in [0.2, 0.25) is 5.91 Å². The second-order valence-electron chi connectivity index (χ2n) is 4.13. The Morgan fingerprint density at radius 1 is 1.43 bits per heavy atom. The lowest BCUT2D eigenvalue weighted by Crippen LogP contribution is -2.49. The van der Waals surface area contributed by atoms with Crippen LogP contribution in [0, 0.1) is 5.92 Å². The Kier molecular flexibility index (Phi) is 3.29. The van der Waals surface area contributed by atoms with Gasteiger partial charge in [-0.25, -0.2) is 0 Å². The molecule has 1 saturated carbocycles. The number of carbonyl (C=O) groups excluding carboxylic acids is 1. The first kappa shape index (κ1) is 10.2. The Bertz CT molecular complexity index is 222. The maximum Gasteiger partial charge on any atom is 0.239 e. The zero-order valence-corrected chi connectivity index (χ0v) is 9.00. The molecule has 0 aromatic rings. The number of hydrogen-bond donors (Lipinski definition) is 0. The van der Waals surface area contributed by atoms with Gasteiger partial charge in [0.05, 0.1) is 6.10 Å². The first-order valence-electron chi connectivity index (χ1n) is 5.26. The van der Waals surface area contributed by atoms with Crippen molar-refractivity contribution in [1.29, 1.82) is 0 Å². The summed E-state index contributed by atoms with van der Waals surface area (Å²) in [6, 6.07) is 0. The van der Waals surface area contributed by atoms with Crippen LogP contribution in [0.5, 0.6) is 0 Å². The topological polar surface area (TPSA) is 29.5 Å². The van der Waals surface area contributed by atoms with E-state index in [-0.39, 0.29) is 11.8 Å². The van der Waals surface area contributed by atoms with E-state index in [0.717, 1.165) is 13.0 Å². The van der Waals surface area contributed by atoms with Crippen LogP contribution in [0.3, 0.4) is 0 Å². The molecule has 2 rings (SSSR count). The molecular weight excluding hydrogens is 202 g/mol. The van der Waals surface area contributed by atoms with E-state index < -0.39 is 0 Å². The minimum absolute atomic E-state index is 0.00399. The quantitative estimate of drug-likeness (QED) is 0.625. The maximum atomic E-state index is 11.4. The lowest BCUT2D eigenvalue weighted by atomic mass is 9.85. The molecule has 1 aliphatic carbocycles. The van der Waals surface area contributed by atoms with Gasteiger partial charge in [-0.1, -0.05) is 12.8 Å². The minimum atomic E-state index is -0.00399. The molecule has 1 heterocycles. The minimum Gasteiger partial charge on any atom is -0.357 e. The Labute approximate surface area is 89.4 Å². The zero-order chi connectivity index (χ0) is 9.97. The van der Waals surface area contributed by atoms with Crippen molar-refractivity contribution >= 4 is 17.5 Å². The standard InChI is InChI=1S/C10H16ClNO2/c11-5-10(13)12-6-8-3-1-2-4-9(8)14-7-12/h8-9H,1-7H2. The van der Waals surface area contributed by atoms with E-state index >= 15 is 0 Å². The monoisotopic (exact) mass is 217 g/mol. The van der Waals surface area contributed by atoms with Gasteiger partial charge in [-0.05, 0) is 12.8 Å². The third-order valence-electron chi connectivity index (χ3n) is 3.21. The van der Waals surface area contributed by atoms with E-state index in [4.69, 9.17) is 16.3 Å². The van der Waals surface area contributed by atoms with Crippen LogP contribution >= 0.6 is 11.6 Å². The van der Waals surface area contributed by atoms with E-state index in [1.54, 1.807) is 4.90 Å². The number of hydrogen-bond acceptors (Lipinski definition) is 2. The molecule has 2 fully saturated rings. The van der Waals surface area contributed by atoms with Crippen molar-refractivity contribution in [3.8, 4) is 0 Å². The van der Waals surface area contributed by atoms with Gasteiger partial charge in [-0.15, -0.1) is 11.6 Å². The smallest absolute Gasteiger partial charge is 0.239 e. The fraction of sp³-hybridized carbons (Fsp3) is 0.900. The average Bonchev–Trinajstić information content (AvgIpc) is 2.27. The molecule has 3 nitrogen and oxygen atoms in total. The van der Waals surface area contributed by atoms with Gasteiger partial charge in [0, 0.05) is 12.5 Å². The zero-order valence-electron chi connectivity index (χ0n) is 8.25. The number of amides is 1. The molecule has 80 valence electrons. The summed E-state index contributed by atoms with van der Waals surface area (Å²) in [5.41, 5.74) is 0. The molecule has 1 amide bonds. The second kappa shape index (κ2) is 4.49. The molecule has 14 heavy (non-hydrogen) atoms. The molecule has 0 aromatic carbocycles. The highest BCUT2D eigenvalue weighted by molar-refractivity contribution is 6.27. The fourth-order valence-corrected chi connectivity index (χ4v) is 2.55. The highest BCUT2D eigenvalue weighted by Crippen LogP contribution is 2.30. The summed E-state index contributed by atoms with van der Waals surface area (Å²) in [4.78, 5) is 13.1. The molecule has 0 radical (unpaired) electrons. The number of rotatable bonds is 1. The van der Waals surface area contributed by atoms with E-state index in [1.807, 2.05) is 0 Å². The van der Waals surface area contributed by atoms with Crippen molar-refractivity contribution in [3.05, 3.63) is 0 Å². The van der Waals surface area contributed by atoms with Crippen molar-refractivity contribution in [2.75, 3.05) is 19.2 Å². The number of halogens is 1. The van der Waals surface area contributed by atoms with Gasteiger partial charge in [0.15, 0.2) is 0 Å². The molecule has 1 saturated heterocycles. The van der Waals surface area contributed by atoms with Crippen LogP contribution in [0.4, 0.5) is 0 Å². The summed E-state index contributed by atoms with van der Waals surface area (Å²) >= 11 is 5.51. The van der Waals surface area contributed by atoms with E-state index in [2.05, 4.69) is 0 Å². The Morgan fingerprint density at radius 2 is 2.21 bits per heavy atom. The van der Waals surface area contributed by atoms with Crippen LogP contribution in [0.1, 0.15) is 25.7 Å². The second-order valence-corrected chi connectivity index (χ2v) is 4.40. The molecule has 2 atom stereocenters. The summed E-state index contributed by atoms with van der Waals surface area (Å²) in [6.07, 6.45) is 5.28. The summed E-state index contributed by atoms with van der Waals surface area (Å²) < 4.78 is 5.66. The number of alkyl halides is 1. The summed E-state index contributed by atoms with van der Waals surface area (Å²) in [5.74, 6) is 0.612. The summed E-state index contributed by atoms with van der Waals surface area (Å²) in [7, 11) is 0. The molecular formula is C10H16ClNO2. The highest BCUT2D eigenvalue weighted by Gasteiger charge is 2.33. The van der Waals surface area contributed by atoms with E-state index in [9.17, 15) is 4.79 Å². The summed E-state index contributed by atoms with van der Waals surface area (Å²) in [5, 5.41) is 0. The molecule has 1 aliphatic heterocycles. The van der Waals surface area contributed by atoms with Crippen molar-refractivity contribution in [1.82, 2.24) is 4.90 Å².